The second kappa shape index (κ2) is 15.8. The van der Waals surface area contributed by atoms with Gasteiger partial charge in [-0.15, -0.1) is 11.3 Å². The van der Waals surface area contributed by atoms with Crippen molar-refractivity contribution in [3.8, 4) is 11.8 Å². The summed E-state index contributed by atoms with van der Waals surface area (Å²) in [5.41, 5.74) is 0.164. The lowest BCUT2D eigenvalue weighted by atomic mass is 9.81. The van der Waals surface area contributed by atoms with Crippen molar-refractivity contribution in [1.82, 2.24) is 5.32 Å². The van der Waals surface area contributed by atoms with Gasteiger partial charge in [-0.25, -0.2) is 14.4 Å². The van der Waals surface area contributed by atoms with Crippen molar-refractivity contribution in [2.45, 2.75) is 124 Å². The number of rotatable bonds is 10. The summed E-state index contributed by atoms with van der Waals surface area (Å²) in [5.74, 6) is 5.00. The summed E-state index contributed by atoms with van der Waals surface area (Å²) in [4.78, 5) is 54.3. The van der Waals surface area contributed by atoms with Crippen molar-refractivity contribution in [2.24, 2.45) is 23.2 Å². The van der Waals surface area contributed by atoms with Crippen LogP contribution in [0.4, 0.5) is 10.5 Å². The van der Waals surface area contributed by atoms with Crippen LogP contribution in [0.1, 0.15) is 121 Å². The zero-order chi connectivity index (χ0) is 32.6. The number of alkyl carbamates (subject to hydrolysis) is 1. The molecule has 1 aromatic heterocycles. The monoisotopic (exact) mass is 630 g/mol. The number of nitrogens with zero attached hydrogens (tertiary/aromatic N) is 1. The normalized spacial score (nSPS) is 23.3. The van der Waals surface area contributed by atoms with Crippen molar-refractivity contribution in [1.29, 1.82) is 0 Å². The third kappa shape index (κ3) is 9.72. The summed E-state index contributed by atoms with van der Waals surface area (Å²) in [6.45, 7) is 13.9. The second-order valence-corrected chi connectivity index (χ2v) is 14.4. The van der Waals surface area contributed by atoms with Gasteiger partial charge in [0.1, 0.15) is 17.0 Å². The Morgan fingerprint density at radius 3 is 2.25 bits per heavy atom. The van der Waals surface area contributed by atoms with E-state index in [9.17, 15) is 24.3 Å². The Labute approximate surface area is 266 Å². The fraction of sp³-hybridized carbons (Fsp3) is 0.706. The lowest BCUT2D eigenvalue weighted by Crippen LogP contribution is -2.49. The zero-order valence-electron chi connectivity index (χ0n) is 27.4. The highest BCUT2D eigenvalue weighted by Crippen LogP contribution is 2.39. The molecule has 2 aliphatic carbocycles. The van der Waals surface area contributed by atoms with E-state index in [0.29, 0.717) is 48.6 Å². The number of nitrogens with one attached hydrogen (secondary N) is 1. The van der Waals surface area contributed by atoms with Crippen LogP contribution in [0.2, 0.25) is 0 Å². The topological polar surface area (TPSA) is 122 Å². The van der Waals surface area contributed by atoms with E-state index in [0.717, 1.165) is 37.0 Å². The first-order valence-electron chi connectivity index (χ1n) is 16.1. The van der Waals surface area contributed by atoms with Crippen molar-refractivity contribution < 1.29 is 33.8 Å². The van der Waals surface area contributed by atoms with Gasteiger partial charge in [-0.05, 0) is 97.0 Å². The van der Waals surface area contributed by atoms with Crippen LogP contribution in [0, 0.1) is 35.0 Å². The Morgan fingerprint density at radius 2 is 1.70 bits per heavy atom. The van der Waals surface area contributed by atoms with Crippen LogP contribution in [-0.4, -0.2) is 53.8 Å². The maximum absolute atomic E-state index is 14.2. The Hall–Kier alpha value is -3.06. The van der Waals surface area contributed by atoms with E-state index in [1.54, 1.807) is 17.9 Å². The van der Waals surface area contributed by atoms with Crippen molar-refractivity contribution in [3.05, 3.63) is 15.8 Å². The molecule has 10 heteroatoms. The van der Waals surface area contributed by atoms with Crippen LogP contribution in [0.5, 0.6) is 0 Å². The SMILES string of the molecule is CCOC(=O)NC(C(=O)OC1CCC(N(C(=O)C2CCC(C)CC2)c2cc(C#CC(C)(C)C)sc2C(=O)O)CC1)C(C)CC. The molecule has 2 unspecified atom stereocenters. The first-order chi connectivity index (χ1) is 20.7. The number of carboxylic acid groups (broad SMARTS) is 1. The van der Waals surface area contributed by atoms with Gasteiger partial charge in [0.2, 0.25) is 5.91 Å². The fourth-order valence-corrected chi connectivity index (χ4v) is 6.69. The van der Waals surface area contributed by atoms with Gasteiger partial charge in [-0.2, -0.15) is 0 Å². The van der Waals surface area contributed by atoms with Gasteiger partial charge in [0, 0.05) is 17.4 Å². The molecule has 2 saturated carbocycles. The number of hydrogen-bond donors (Lipinski definition) is 2. The van der Waals surface area contributed by atoms with Crippen LogP contribution in [0.15, 0.2) is 6.07 Å². The van der Waals surface area contributed by atoms with Crippen LogP contribution < -0.4 is 10.2 Å². The summed E-state index contributed by atoms with van der Waals surface area (Å²) < 4.78 is 10.9. The van der Waals surface area contributed by atoms with Gasteiger partial charge in [-0.1, -0.05) is 39.0 Å². The van der Waals surface area contributed by atoms with Gasteiger partial charge in [-0.3, -0.25) is 4.79 Å². The van der Waals surface area contributed by atoms with E-state index < -0.39 is 24.1 Å². The van der Waals surface area contributed by atoms with E-state index in [-0.39, 0.29) is 46.8 Å². The van der Waals surface area contributed by atoms with E-state index in [1.165, 1.54) is 0 Å². The average molecular weight is 631 g/mol. The minimum absolute atomic E-state index is 0.0246. The van der Waals surface area contributed by atoms with E-state index >= 15 is 0 Å². The summed E-state index contributed by atoms with van der Waals surface area (Å²) in [6, 6.07) is 0.719. The standard InChI is InChI=1S/C34H50N2O7S/c1-8-22(4)28(35-33(41)42-9-2)32(40)43-25-16-14-24(15-17-25)36(30(37)23-12-10-21(3)11-13-23)27-20-26(18-19-34(5,6)7)44-29(27)31(38)39/h20-25,28H,8-17H2,1-7H3,(H,35,41)(H,38,39). The third-order valence-corrected chi connectivity index (χ3v) is 9.66. The predicted octanol–water partition coefficient (Wildman–Crippen LogP) is 7.02. The number of ether oxygens (including phenoxy) is 2. The zero-order valence-corrected chi connectivity index (χ0v) is 28.2. The molecule has 0 aromatic carbocycles. The summed E-state index contributed by atoms with van der Waals surface area (Å²) >= 11 is 1.11. The van der Waals surface area contributed by atoms with Gasteiger partial charge in [0.25, 0.3) is 0 Å². The fourth-order valence-electron chi connectivity index (χ4n) is 5.85. The molecule has 0 aliphatic heterocycles. The van der Waals surface area contributed by atoms with E-state index in [4.69, 9.17) is 9.47 Å². The van der Waals surface area contributed by atoms with Crippen LogP contribution in [-0.2, 0) is 19.1 Å². The molecule has 0 saturated heterocycles. The molecule has 0 spiro atoms. The van der Waals surface area contributed by atoms with Gasteiger partial charge >= 0.3 is 18.0 Å². The molecule has 1 heterocycles. The minimum atomic E-state index is -1.07. The Morgan fingerprint density at radius 1 is 1.07 bits per heavy atom. The Balaban J connectivity index is 1.84. The number of anilines is 1. The quantitative estimate of drug-likeness (QED) is 0.210. The minimum Gasteiger partial charge on any atom is -0.477 e. The molecule has 0 radical (unpaired) electrons. The predicted molar refractivity (Wildman–Crippen MR) is 172 cm³/mol. The molecule has 2 fully saturated rings. The van der Waals surface area contributed by atoms with Crippen LogP contribution >= 0.6 is 11.3 Å². The van der Waals surface area contributed by atoms with E-state index in [1.807, 2.05) is 34.6 Å². The van der Waals surface area contributed by atoms with Crippen molar-refractivity contribution in [2.75, 3.05) is 11.5 Å². The number of thiophene rings is 1. The maximum atomic E-state index is 14.2. The smallest absolute Gasteiger partial charge is 0.407 e. The van der Waals surface area contributed by atoms with Gasteiger partial charge in [0.15, 0.2) is 0 Å². The Kier molecular flexibility index (Phi) is 12.7. The molecule has 44 heavy (non-hydrogen) atoms. The highest BCUT2D eigenvalue weighted by atomic mass is 32.1. The molecule has 0 bridgehead atoms. The molecular formula is C34H50N2O7S. The van der Waals surface area contributed by atoms with E-state index in [2.05, 4.69) is 24.1 Å². The number of esters is 1. The first-order valence-corrected chi connectivity index (χ1v) is 16.9. The van der Waals surface area contributed by atoms with Gasteiger partial charge < -0.3 is 24.8 Å². The van der Waals surface area contributed by atoms with Gasteiger partial charge in [0.05, 0.1) is 17.2 Å². The summed E-state index contributed by atoms with van der Waals surface area (Å²) in [6.07, 6.45) is 5.35. The lowest BCUT2D eigenvalue weighted by Gasteiger charge is -2.39. The highest BCUT2D eigenvalue weighted by molar-refractivity contribution is 7.15. The number of aromatic carboxylic acids is 1. The number of carboxylic acids is 1. The molecule has 2 N–H and O–H groups in total. The molecule has 244 valence electrons. The molecule has 2 atom stereocenters. The second-order valence-electron chi connectivity index (χ2n) is 13.4. The highest BCUT2D eigenvalue weighted by Gasteiger charge is 2.39. The largest absolute Gasteiger partial charge is 0.477 e. The number of carbonyl (C=O) groups excluding carboxylic acids is 3. The van der Waals surface area contributed by atoms with Crippen LogP contribution in [0.3, 0.4) is 0 Å². The molecule has 3 rings (SSSR count). The van der Waals surface area contributed by atoms with Crippen molar-refractivity contribution in [3.63, 3.8) is 0 Å². The van der Waals surface area contributed by atoms with Crippen LogP contribution in [0.25, 0.3) is 0 Å². The summed E-state index contributed by atoms with van der Waals surface area (Å²) in [7, 11) is 0. The lowest BCUT2D eigenvalue weighted by molar-refractivity contribution is -0.154. The molecule has 1 aromatic rings. The van der Waals surface area contributed by atoms with Crippen molar-refractivity contribution >= 4 is 41.0 Å². The molecule has 9 nitrogen and oxygen atoms in total. The maximum Gasteiger partial charge on any atom is 0.407 e. The molecular weight excluding hydrogens is 580 g/mol. The molecule has 2 aliphatic rings. The molecule has 2 amide bonds. The number of carbonyl (C=O) groups is 4. The average Bonchev–Trinajstić information content (AvgIpc) is 3.40. The summed E-state index contributed by atoms with van der Waals surface area (Å²) in [5, 5.41) is 12.8. The first kappa shape index (κ1) is 35.4. The third-order valence-electron chi connectivity index (χ3n) is 8.64. The number of hydrogen-bond acceptors (Lipinski definition) is 7. The number of amides is 2. The Bertz CT molecular complexity index is 1220.